The van der Waals surface area contributed by atoms with E-state index >= 15 is 0 Å². The number of nitro benzene ring substituents is 1. The summed E-state index contributed by atoms with van der Waals surface area (Å²) in [6, 6.07) is 5.62. The molecule has 0 saturated heterocycles. The van der Waals surface area contributed by atoms with E-state index in [2.05, 4.69) is 15.9 Å². The summed E-state index contributed by atoms with van der Waals surface area (Å²) >= 11 is 3.29. The largest absolute Gasteiger partial charge is 0.495 e. The van der Waals surface area contributed by atoms with E-state index < -0.39 is 16.5 Å². The van der Waals surface area contributed by atoms with Gasteiger partial charge in [0.2, 0.25) is 5.78 Å². The number of carbonyl (C=O) groups excluding carboxylic acids is 2. The van der Waals surface area contributed by atoms with Crippen LogP contribution < -0.4 is 4.74 Å². The van der Waals surface area contributed by atoms with Crippen LogP contribution in [0.2, 0.25) is 0 Å². The summed E-state index contributed by atoms with van der Waals surface area (Å²) < 4.78 is 5.58. The monoisotopic (exact) mass is 375 g/mol. The van der Waals surface area contributed by atoms with Gasteiger partial charge in [-0.3, -0.25) is 19.7 Å². The Balaban J connectivity index is 2.39. The van der Waals surface area contributed by atoms with E-state index in [4.69, 9.17) is 4.74 Å². The number of aryl methyl sites for hydroxylation is 1. The smallest absolute Gasteiger partial charge is 0.281 e. The summed E-state index contributed by atoms with van der Waals surface area (Å²) in [4.78, 5) is 36.1. The van der Waals surface area contributed by atoms with Crippen LogP contribution in [0.1, 0.15) is 37.4 Å². The first-order chi connectivity index (χ1) is 10.9. The Hall–Kier alpha value is -2.54. The molecule has 0 bridgehead atoms. The van der Waals surface area contributed by atoms with Crippen molar-refractivity contribution in [1.29, 1.82) is 0 Å². The van der Waals surface area contributed by atoms with Gasteiger partial charge in [0.25, 0.3) is 5.69 Å². The van der Waals surface area contributed by atoms with Gasteiger partial charge in [0.15, 0.2) is 5.78 Å². The first kappa shape index (κ1) is 15.4. The van der Waals surface area contributed by atoms with E-state index in [1.54, 1.807) is 13.0 Å². The SMILES string of the molecule is COc1c(C)cc2c(c1Br)C(=O)c1c(cccc1[N+](=O)[O-])C2=O. The van der Waals surface area contributed by atoms with E-state index in [1.165, 1.54) is 25.3 Å². The van der Waals surface area contributed by atoms with Crippen molar-refractivity contribution in [3.05, 3.63) is 66.7 Å². The van der Waals surface area contributed by atoms with E-state index in [9.17, 15) is 19.7 Å². The molecule has 0 spiro atoms. The van der Waals surface area contributed by atoms with Crippen molar-refractivity contribution in [2.24, 2.45) is 0 Å². The van der Waals surface area contributed by atoms with Gasteiger partial charge in [-0.15, -0.1) is 0 Å². The molecule has 0 aliphatic heterocycles. The Morgan fingerprint density at radius 1 is 1.13 bits per heavy atom. The number of rotatable bonds is 2. The van der Waals surface area contributed by atoms with Crippen LogP contribution in [-0.2, 0) is 0 Å². The maximum atomic E-state index is 12.8. The summed E-state index contributed by atoms with van der Waals surface area (Å²) in [5.74, 6) is -0.552. The van der Waals surface area contributed by atoms with Gasteiger partial charge in [-0.05, 0) is 40.5 Å². The van der Waals surface area contributed by atoms with Crippen LogP contribution in [0.3, 0.4) is 0 Å². The van der Waals surface area contributed by atoms with E-state index in [0.29, 0.717) is 15.8 Å². The third-order valence-corrected chi connectivity index (χ3v) is 4.55. The highest BCUT2D eigenvalue weighted by molar-refractivity contribution is 9.10. The van der Waals surface area contributed by atoms with Crippen LogP contribution in [0.4, 0.5) is 5.69 Å². The minimum Gasteiger partial charge on any atom is -0.495 e. The number of ketones is 2. The molecule has 1 aliphatic rings. The molecule has 0 aromatic heterocycles. The minimum atomic E-state index is -0.658. The third kappa shape index (κ3) is 2.08. The lowest BCUT2D eigenvalue weighted by atomic mass is 9.82. The number of methoxy groups -OCH3 is 1. The zero-order valence-corrected chi connectivity index (χ0v) is 13.8. The lowest BCUT2D eigenvalue weighted by Gasteiger charge is -2.21. The van der Waals surface area contributed by atoms with Crippen molar-refractivity contribution in [2.75, 3.05) is 7.11 Å². The maximum absolute atomic E-state index is 12.8. The lowest BCUT2D eigenvalue weighted by Crippen LogP contribution is -2.23. The molecule has 0 N–H and O–H groups in total. The van der Waals surface area contributed by atoms with Gasteiger partial charge in [-0.1, -0.05) is 6.07 Å². The molecule has 1 aliphatic carbocycles. The zero-order valence-electron chi connectivity index (χ0n) is 12.2. The molecule has 0 atom stereocenters. The van der Waals surface area contributed by atoms with Crippen LogP contribution >= 0.6 is 15.9 Å². The average Bonchev–Trinajstić information content (AvgIpc) is 2.51. The number of benzene rings is 2. The second kappa shape index (κ2) is 5.27. The van der Waals surface area contributed by atoms with Gasteiger partial charge in [-0.25, -0.2) is 0 Å². The molecule has 0 radical (unpaired) electrons. The molecule has 0 amide bonds. The van der Waals surface area contributed by atoms with Crippen molar-refractivity contribution >= 4 is 33.2 Å². The second-order valence-corrected chi connectivity index (χ2v) is 5.87. The molecule has 0 fully saturated rings. The molecule has 2 aromatic rings. The van der Waals surface area contributed by atoms with Crippen molar-refractivity contribution in [3.63, 3.8) is 0 Å². The van der Waals surface area contributed by atoms with Crippen molar-refractivity contribution in [2.45, 2.75) is 6.92 Å². The Kier molecular flexibility index (Phi) is 3.52. The molecule has 3 rings (SSSR count). The van der Waals surface area contributed by atoms with Gasteiger partial charge < -0.3 is 4.74 Å². The summed E-state index contributed by atoms with van der Waals surface area (Å²) in [5, 5.41) is 11.2. The number of nitro groups is 1. The molecule has 116 valence electrons. The Morgan fingerprint density at radius 2 is 1.83 bits per heavy atom. The van der Waals surface area contributed by atoms with E-state index in [-0.39, 0.29) is 27.9 Å². The minimum absolute atomic E-state index is 0.0492. The number of hydrogen-bond acceptors (Lipinski definition) is 5. The average molecular weight is 376 g/mol. The van der Waals surface area contributed by atoms with E-state index in [0.717, 1.165) is 0 Å². The number of halogens is 1. The highest BCUT2D eigenvalue weighted by Gasteiger charge is 2.37. The summed E-state index contributed by atoms with van der Waals surface area (Å²) in [5.41, 5.74) is 0.494. The normalized spacial score (nSPS) is 12.7. The molecule has 23 heavy (non-hydrogen) atoms. The highest BCUT2D eigenvalue weighted by atomic mass is 79.9. The summed E-state index contributed by atoms with van der Waals surface area (Å²) in [6.07, 6.45) is 0. The lowest BCUT2D eigenvalue weighted by molar-refractivity contribution is -0.385. The van der Waals surface area contributed by atoms with Gasteiger partial charge in [0.1, 0.15) is 11.3 Å². The highest BCUT2D eigenvalue weighted by Crippen LogP contribution is 2.41. The molecular weight excluding hydrogens is 366 g/mol. The molecule has 6 nitrogen and oxygen atoms in total. The number of fused-ring (bicyclic) bond motifs is 2. The molecule has 0 heterocycles. The predicted octanol–water partition coefficient (Wildman–Crippen LogP) is 3.45. The van der Waals surface area contributed by atoms with Crippen LogP contribution in [0, 0.1) is 17.0 Å². The topological polar surface area (TPSA) is 86.5 Å². The molecule has 7 heteroatoms. The fraction of sp³-hybridized carbons (Fsp3) is 0.125. The van der Waals surface area contributed by atoms with Gasteiger partial charge in [0.05, 0.1) is 22.1 Å². The summed E-state index contributed by atoms with van der Waals surface area (Å²) in [7, 11) is 1.45. The van der Waals surface area contributed by atoms with Crippen molar-refractivity contribution < 1.29 is 19.2 Å². The van der Waals surface area contributed by atoms with Crippen LogP contribution in [0.25, 0.3) is 0 Å². The van der Waals surface area contributed by atoms with E-state index in [1.807, 2.05) is 0 Å². The second-order valence-electron chi connectivity index (χ2n) is 5.08. The van der Waals surface area contributed by atoms with Gasteiger partial charge >= 0.3 is 0 Å². The molecule has 0 saturated carbocycles. The fourth-order valence-corrected chi connectivity index (χ4v) is 3.67. The third-order valence-electron chi connectivity index (χ3n) is 3.79. The van der Waals surface area contributed by atoms with Gasteiger partial charge in [0, 0.05) is 17.2 Å². The number of hydrogen-bond donors (Lipinski definition) is 0. The summed E-state index contributed by atoms with van der Waals surface area (Å²) in [6.45, 7) is 1.75. The Morgan fingerprint density at radius 3 is 2.43 bits per heavy atom. The predicted molar refractivity (Wildman–Crippen MR) is 85.4 cm³/mol. The van der Waals surface area contributed by atoms with Crippen molar-refractivity contribution in [3.8, 4) is 5.75 Å². The van der Waals surface area contributed by atoms with Gasteiger partial charge in [-0.2, -0.15) is 0 Å². The maximum Gasteiger partial charge on any atom is 0.281 e. The zero-order chi connectivity index (χ0) is 16.9. The Labute approximate surface area is 139 Å². The van der Waals surface area contributed by atoms with Crippen molar-refractivity contribution in [1.82, 2.24) is 0 Å². The molecule has 2 aromatic carbocycles. The molecular formula is C16H10BrNO5. The van der Waals surface area contributed by atoms with Crippen LogP contribution in [0.15, 0.2) is 28.7 Å². The first-order valence-corrected chi connectivity index (χ1v) is 7.41. The fourth-order valence-electron chi connectivity index (χ4n) is 2.80. The van der Waals surface area contributed by atoms with Crippen LogP contribution in [0.5, 0.6) is 5.75 Å². The number of carbonyl (C=O) groups is 2. The molecule has 0 unspecified atom stereocenters. The number of ether oxygens (including phenoxy) is 1. The number of nitrogens with zero attached hydrogens (tertiary/aromatic N) is 1. The standard InChI is InChI=1S/C16H10BrNO5/c1-7-6-9-12(13(17)16(7)23-2)15(20)11-8(14(9)19)4-3-5-10(11)18(21)22/h3-6H,1-2H3. The quantitative estimate of drug-likeness (QED) is 0.505. The first-order valence-electron chi connectivity index (χ1n) is 6.62. The Bertz CT molecular complexity index is 904. The van der Waals surface area contributed by atoms with Crippen LogP contribution in [-0.4, -0.2) is 23.6 Å².